The lowest BCUT2D eigenvalue weighted by Crippen LogP contribution is -2.13. The van der Waals surface area contributed by atoms with Crippen molar-refractivity contribution in [1.82, 2.24) is 9.38 Å². The van der Waals surface area contributed by atoms with Gasteiger partial charge >= 0.3 is 6.18 Å². The molecule has 0 bridgehead atoms. The average Bonchev–Trinajstić information content (AvgIpc) is 3.07. The van der Waals surface area contributed by atoms with Gasteiger partial charge in [0.25, 0.3) is 5.91 Å². The van der Waals surface area contributed by atoms with Gasteiger partial charge in [-0.3, -0.25) is 4.79 Å². The summed E-state index contributed by atoms with van der Waals surface area (Å²) < 4.78 is 46.1. The molecule has 4 rings (SSSR count). The molecule has 0 aliphatic heterocycles. The van der Waals surface area contributed by atoms with Crippen molar-refractivity contribution in [2.24, 2.45) is 0 Å². The SMILES string of the molecule is Nc1cn2cc(Oc3cccc(NC(=O)c4cccc(C(F)(F)F)c4)c3)ccc2n1. The number of amides is 1. The van der Waals surface area contributed by atoms with Crippen LogP contribution in [0.15, 0.2) is 73.1 Å². The maximum Gasteiger partial charge on any atom is 0.416 e. The van der Waals surface area contributed by atoms with E-state index in [2.05, 4.69) is 10.3 Å². The van der Waals surface area contributed by atoms with Gasteiger partial charge in [-0.05, 0) is 42.5 Å². The molecule has 6 nitrogen and oxygen atoms in total. The van der Waals surface area contributed by atoms with Crippen LogP contribution in [-0.4, -0.2) is 15.3 Å². The Kier molecular flexibility index (Phi) is 4.78. The van der Waals surface area contributed by atoms with E-state index < -0.39 is 17.6 Å². The summed E-state index contributed by atoms with van der Waals surface area (Å²) in [7, 11) is 0. The van der Waals surface area contributed by atoms with E-state index in [1.807, 2.05) is 0 Å². The molecule has 0 fully saturated rings. The first-order valence-corrected chi connectivity index (χ1v) is 8.79. The molecule has 0 spiro atoms. The fourth-order valence-corrected chi connectivity index (χ4v) is 2.86. The third-order valence-corrected chi connectivity index (χ3v) is 4.22. The number of halogens is 3. The second kappa shape index (κ2) is 7.43. The van der Waals surface area contributed by atoms with E-state index in [0.717, 1.165) is 12.1 Å². The molecule has 30 heavy (non-hydrogen) atoms. The van der Waals surface area contributed by atoms with Crippen LogP contribution in [0.3, 0.4) is 0 Å². The summed E-state index contributed by atoms with van der Waals surface area (Å²) in [5, 5.41) is 2.58. The summed E-state index contributed by atoms with van der Waals surface area (Å²) >= 11 is 0. The van der Waals surface area contributed by atoms with Gasteiger partial charge in [-0.15, -0.1) is 0 Å². The Morgan fingerprint density at radius 3 is 2.60 bits per heavy atom. The van der Waals surface area contributed by atoms with Crippen LogP contribution < -0.4 is 15.8 Å². The van der Waals surface area contributed by atoms with Gasteiger partial charge in [0.05, 0.1) is 18.0 Å². The summed E-state index contributed by atoms with van der Waals surface area (Å²) in [5.41, 5.74) is 5.73. The van der Waals surface area contributed by atoms with Crippen LogP contribution in [0.2, 0.25) is 0 Å². The molecule has 2 aromatic heterocycles. The minimum Gasteiger partial charge on any atom is -0.456 e. The summed E-state index contributed by atoms with van der Waals surface area (Å²) in [4.78, 5) is 16.5. The third kappa shape index (κ3) is 4.19. The molecular weight excluding hydrogens is 397 g/mol. The number of rotatable bonds is 4. The van der Waals surface area contributed by atoms with Gasteiger partial charge in [0.15, 0.2) is 0 Å². The van der Waals surface area contributed by atoms with Crippen LogP contribution in [0.1, 0.15) is 15.9 Å². The highest BCUT2D eigenvalue weighted by Gasteiger charge is 2.30. The molecule has 3 N–H and O–H groups in total. The zero-order chi connectivity index (χ0) is 21.3. The van der Waals surface area contributed by atoms with E-state index in [0.29, 0.717) is 28.7 Å². The average molecular weight is 412 g/mol. The van der Waals surface area contributed by atoms with Gasteiger partial charge < -0.3 is 20.2 Å². The van der Waals surface area contributed by atoms with E-state index in [4.69, 9.17) is 10.5 Å². The van der Waals surface area contributed by atoms with Crippen LogP contribution in [0.4, 0.5) is 24.7 Å². The number of pyridine rings is 1. The van der Waals surface area contributed by atoms with Gasteiger partial charge in [-0.1, -0.05) is 12.1 Å². The van der Waals surface area contributed by atoms with E-state index in [9.17, 15) is 18.0 Å². The fraction of sp³-hybridized carbons (Fsp3) is 0.0476. The highest BCUT2D eigenvalue weighted by atomic mass is 19.4. The zero-order valence-electron chi connectivity index (χ0n) is 15.4. The normalized spacial score (nSPS) is 11.4. The zero-order valence-corrected chi connectivity index (χ0v) is 15.4. The topological polar surface area (TPSA) is 81.6 Å². The minimum atomic E-state index is -4.52. The Morgan fingerprint density at radius 1 is 1.00 bits per heavy atom. The molecule has 9 heteroatoms. The first kappa shape index (κ1) is 19.3. The van der Waals surface area contributed by atoms with Gasteiger partial charge in [0.2, 0.25) is 0 Å². The standard InChI is InChI=1S/C21H15F3N4O2/c22-21(23,24)14-4-1-3-13(9-14)20(29)26-15-5-2-6-16(10-15)30-17-7-8-19-27-18(25)12-28(19)11-17/h1-12H,25H2,(H,26,29). The number of anilines is 2. The van der Waals surface area contributed by atoms with Crippen molar-refractivity contribution in [2.75, 3.05) is 11.1 Å². The Labute approximate surface area is 168 Å². The van der Waals surface area contributed by atoms with Crippen molar-refractivity contribution in [3.05, 3.63) is 84.2 Å². The summed E-state index contributed by atoms with van der Waals surface area (Å²) in [6.07, 6.45) is -1.18. The number of nitrogens with zero attached hydrogens (tertiary/aromatic N) is 2. The van der Waals surface area contributed by atoms with Crippen molar-refractivity contribution in [1.29, 1.82) is 0 Å². The Bertz CT molecular complexity index is 1230. The first-order chi connectivity index (χ1) is 14.3. The molecule has 2 heterocycles. The number of hydrogen-bond acceptors (Lipinski definition) is 4. The van der Waals surface area contributed by atoms with Crippen LogP contribution >= 0.6 is 0 Å². The molecule has 0 unspecified atom stereocenters. The molecule has 0 aliphatic rings. The number of imidazole rings is 1. The maximum atomic E-state index is 12.9. The highest BCUT2D eigenvalue weighted by molar-refractivity contribution is 6.04. The number of ether oxygens (including phenoxy) is 1. The van der Waals surface area contributed by atoms with E-state index in [-0.39, 0.29) is 5.56 Å². The van der Waals surface area contributed by atoms with Crippen molar-refractivity contribution in [3.8, 4) is 11.5 Å². The molecule has 4 aromatic rings. The molecule has 0 saturated heterocycles. The van der Waals surface area contributed by atoms with Crippen molar-refractivity contribution < 1.29 is 22.7 Å². The Hall–Kier alpha value is -4.01. The number of carbonyl (C=O) groups excluding carboxylic acids is 1. The van der Waals surface area contributed by atoms with Gasteiger partial charge in [-0.2, -0.15) is 13.2 Å². The summed E-state index contributed by atoms with van der Waals surface area (Å²) in [5.74, 6) is 0.672. The molecule has 152 valence electrons. The van der Waals surface area contributed by atoms with E-state index >= 15 is 0 Å². The lowest BCUT2D eigenvalue weighted by molar-refractivity contribution is -0.137. The fourth-order valence-electron chi connectivity index (χ4n) is 2.86. The second-order valence-electron chi connectivity index (χ2n) is 6.46. The van der Waals surface area contributed by atoms with E-state index in [1.54, 1.807) is 53.2 Å². The number of nitrogens with two attached hydrogens (primary N) is 1. The first-order valence-electron chi connectivity index (χ1n) is 8.79. The number of hydrogen-bond donors (Lipinski definition) is 2. The largest absolute Gasteiger partial charge is 0.456 e. The predicted molar refractivity (Wildman–Crippen MR) is 106 cm³/mol. The Balaban J connectivity index is 1.51. The predicted octanol–water partition coefficient (Wildman–Crippen LogP) is 4.98. The van der Waals surface area contributed by atoms with Crippen molar-refractivity contribution in [3.63, 3.8) is 0 Å². The van der Waals surface area contributed by atoms with E-state index in [1.165, 1.54) is 12.1 Å². The third-order valence-electron chi connectivity index (χ3n) is 4.22. The van der Waals surface area contributed by atoms with Gasteiger partial charge in [0, 0.05) is 17.3 Å². The molecule has 0 atom stereocenters. The van der Waals surface area contributed by atoms with Crippen LogP contribution in [0.25, 0.3) is 5.65 Å². The number of aromatic nitrogens is 2. The Morgan fingerprint density at radius 2 is 1.80 bits per heavy atom. The maximum absolute atomic E-state index is 12.9. The van der Waals surface area contributed by atoms with Crippen LogP contribution in [-0.2, 0) is 6.18 Å². The number of nitrogen functional groups attached to an aromatic ring is 1. The second-order valence-corrected chi connectivity index (χ2v) is 6.46. The van der Waals surface area contributed by atoms with Crippen molar-refractivity contribution in [2.45, 2.75) is 6.18 Å². The number of alkyl halides is 3. The number of nitrogens with one attached hydrogen (secondary N) is 1. The monoisotopic (exact) mass is 412 g/mol. The minimum absolute atomic E-state index is 0.0979. The molecule has 2 aromatic carbocycles. The highest BCUT2D eigenvalue weighted by Crippen LogP contribution is 2.30. The smallest absolute Gasteiger partial charge is 0.416 e. The quantitative estimate of drug-likeness (QED) is 0.495. The summed E-state index contributed by atoms with van der Waals surface area (Å²) in [6, 6.07) is 14.2. The van der Waals surface area contributed by atoms with Crippen LogP contribution in [0.5, 0.6) is 11.5 Å². The van der Waals surface area contributed by atoms with Gasteiger partial charge in [0.1, 0.15) is 23.0 Å². The van der Waals surface area contributed by atoms with Crippen LogP contribution in [0, 0.1) is 0 Å². The lowest BCUT2D eigenvalue weighted by atomic mass is 10.1. The number of benzene rings is 2. The molecule has 0 saturated carbocycles. The summed E-state index contributed by atoms with van der Waals surface area (Å²) in [6.45, 7) is 0. The lowest BCUT2D eigenvalue weighted by Gasteiger charge is -2.11. The molecule has 1 amide bonds. The molecular formula is C21H15F3N4O2. The van der Waals surface area contributed by atoms with Gasteiger partial charge in [-0.25, -0.2) is 4.98 Å². The number of carbonyl (C=O) groups is 1. The molecule has 0 aliphatic carbocycles. The van der Waals surface area contributed by atoms with Crippen molar-refractivity contribution >= 4 is 23.1 Å². The molecule has 0 radical (unpaired) electrons. The number of fused-ring (bicyclic) bond motifs is 1.